The van der Waals surface area contributed by atoms with Crippen LogP contribution < -0.4 is 15.5 Å². The molecule has 0 spiro atoms. The molecule has 2 aliphatic rings. The molecule has 1 saturated heterocycles. The maximum atomic E-state index is 13.6. The average Bonchev–Trinajstić information content (AvgIpc) is 2.72. The van der Waals surface area contributed by atoms with Crippen molar-refractivity contribution in [2.45, 2.75) is 31.9 Å². The van der Waals surface area contributed by atoms with Crippen LogP contribution in [0.5, 0.6) is 0 Å². The van der Waals surface area contributed by atoms with E-state index in [9.17, 15) is 22.4 Å². The van der Waals surface area contributed by atoms with Gasteiger partial charge in [-0.3, -0.25) is 5.32 Å². The van der Waals surface area contributed by atoms with Crippen LogP contribution in [-0.2, 0) is 4.74 Å². The highest BCUT2D eigenvalue weighted by molar-refractivity contribution is 5.89. The van der Waals surface area contributed by atoms with Crippen LogP contribution >= 0.6 is 0 Å². The minimum absolute atomic E-state index is 0.0815. The summed E-state index contributed by atoms with van der Waals surface area (Å²) in [6, 6.07) is 4.01. The summed E-state index contributed by atoms with van der Waals surface area (Å²) in [6.07, 6.45) is -7.43. The molecule has 0 unspecified atom stereocenters. The quantitative estimate of drug-likeness (QED) is 0.727. The number of halogens is 4. The van der Waals surface area contributed by atoms with Crippen molar-refractivity contribution in [3.05, 3.63) is 35.5 Å². The minimum atomic E-state index is -3.02. The number of ether oxygens (including phenoxy) is 1. The molecule has 4 heterocycles. The van der Waals surface area contributed by atoms with E-state index in [-0.39, 0.29) is 34.2 Å². The molecule has 0 bridgehead atoms. The molecule has 1 fully saturated rings. The molecule has 0 radical (unpaired) electrons. The fourth-order valence-electron chi connectivity index (χ4n) is 3.66. The Balaban J connectivity index is 1.85. The first kappa shape index (κ1) is 20.3. The van der Waals surface area contributed by atoms with Gasteiger partial charge in [-0.25, -0.2) is 32.3 Å². The maximum absolute atomic E-state index is 13.6. The van der Waals surface area contributed by atoms with Crippen LogP contribution in [0.2, 0.25) is 0 Å². The highest BCUT2D eigenvalue weighted by Crippen LogP contribution is 2.41. The topological polar surface area (TPSA) is 79.4 Å². The van der Waals surface area contributed by atoms with Crippen LogP contribution in [0, 0.1) is 0 Å². The number of rotatable bonds is 4. The summed E-state index contributed by atoms with van der Waals surface area (Å²) < 4.78 is 59.2. The van der Waals surface area contributed by atoms with Crippen LogP contribution in [0.25, 0.3) is 11.3 Å². The zero-order chi connectivity index (χ0) is 21.4. The molecule has 2 atom stereocenters. The number of nitrogens with one attached hydrogen (secondary N) is 2. The molecule has 1 amide bonds. The van der Waals surface area contributed by atoms with Crippen molar-refractivity contribution in [2.75, 3.05) is 29.9 Å². The van der Waals surface area contributed by atoms with Crippen molar-refractivity contribution in [2.24, 2.45) is 0 Å². The number of piperazine rings is 1. The third kappa shape index (κ3) is 3.89. The summed E-state index contributed by atoms with van der Waals surface area (Å²) in [5.41, 5.74) is -0.137. The number of alkyl halides is 4. The van der Waals surface area contributed by atoms with Crippen molar-refractivity contribution >= 4 is 17.7 Å². The van der Waals surface area contributed by atoms with Crippen molar-refractivity contribution in [1.82, 2.24) is 15.3 Å². The van der Waals surface area contributed by atoms with Gasteiger partial charge in [0.05, 0.1) is 11.3 Å². The number of hydrogen-bond donors (Lipinski definition) is 2. The Morgan fingerprint density at radius 2 is 2.07 bits per heavy atom. The van der Waals surface area contributed by atoms with Gasteiger partial charge < -0.3 is 15.0 Å². The first-order valence-electron chi connectivity index (χ1n) is 9.37. The third-order valence-electron chi connectivity index (χ3n) is 5.01. The number of cyclic esters (lactones) is 1. The van der Waals surface area contributed by atoms with E-state index in [0.717, 1.165) is 6.07 Å². The van der Waals surface area contributed by atoms with Gasteiger partial charge in [0.15, 0.2) is 6.10 Å². The van der Waals surface area contributed by atoms with Crippen molar-refractivity contribution in [1.29, 1.82) is 0 Å². The fourth-order valence-corrected chi connectivity index (χ4v) is 3.66. The molecular formula is C19H19F4N5O2. The summed E-state index contributed by atoms with van der Waals surface area (Å²) in [5.74, 6) is 0.228. The lowest BCUT2D eigenvalue weighted by Gasteiger charge is -2.33. The number of anilines is 2. The first-order chi connectivity index (χ1) is 14.3. The van der Waals surface area contributed by atoms with Crippen LogP contribution in [0.3, 0.4) is 0 Å². The number of fused-ring (bicyclic) bond motifs is 1. The van der Waals surface area contributed by atoms with Gasteiger partial charge in [0, 0.05) is 43.0 Å². The molecule has 160 valence electrons. The molecule has 2 aromatic heterocycles. The smallest absolute Gasteiger partial charge is 0.413 e. The summed E-state index contributed by atoms with van der Waals surface area (Å²) >= 11 is 0. The molecule has 2 N–H and O–H groups in total. The SMILES string of the molecule is C[C@H]1CN(c2cc(C(F)F)cc(-c3ccnc4c3[C@H](C(F)F)OC(=O)N4)n2)CCN1. The molecule has 11 heteroatoms. The molecule has 4 rings (SSSR count). The average molecular weight is 425 g/mol. The lowest BCUT2D eigenvalue weighted by molar-refractivity contribution is -0.0168. The van der Waals surface area contributed by atoms with E-state index < -0.39 is 25.0 Å². The van der Waals surface area contributed by atoms with Crippen LogP contribution in [-0.4, -0.2) is 48.2 Å². The predicted molar refractivity (Wildman–Crippen MR) is 101 cm³/mol. The van der Waals surface area contributed by atoms with E-state index in [4.69, 9.17) is 4.74 Å². The number of hydrogen-bond acceptors (Lipinski definition) is 6. The molecule has 30 heavy (non-hydrogen) atoms. The van der Waals surface area contributed by atoms with E-state index in [1.54, 1.807) is 0 Å². The normalized spacial score (nSPS) is 21.4. The standard InChI is InChI=1S/C19H19F4N5O2/c1-9-8-28(5-4-24-9)13-7-10(16(20)21)6-12(26-13)11-2-3-25-18-14(11)15(17(22)23)30-19(29)27-18/h2-3,6-7,9,15-17,24H,4-5,8H2,1H3,(H,25,27,29)/t9-,15+/m0/s1. The second-order valence-electron chi connectivity index (χ2n) is 7.15. The zero-order valence-electron chi connectivity index (χ0n) is 15.9. The fraction of sp³-hybridized carbons (Fsp3) is 0.421. The van der Waals surface area contributed by atoms with E-state index >= 15 is 0 Å². The van der Waals surface area contributed by atoms with Crippen molar-refractivity contribution < 1.29 is 27.1 Å². The lowest BCUT2D eigenvalue weighted by atomic mass is 9.98. The van der Waals surface area contributed by atoms with Gasteiger partial charge in [0.1, 0.15) is 11.6 Å². The molecule has 2 aliphatic heterocycles. The van der Waals surface area contributed by atoms with Crippen LogP contribution in [0.4, 0.5) is 34.0 Å². The number of carbonyl (C=O) groups excluding carboxylic acids is 1. The maximum Gasteiger partial charge on any atom is 0.413 e. The minimum Gasteiger partial charge on any atom is -0.435 e. The summed E-state index contributed by atoms with van der Waals surface area (Å²) in [5, 5.41) is 5.54. The first-order valence-corrected chi connectivity index (χ1v) is 9.37. The molecule has 0 aromatic carbocycles. The number of pyridine rings is 2. The second-order valence-corrected chi connectivity index (χ2v) is 7.15. The van der Waals surface area contributed by atoms with E-state index in [1.165, 1.54) is 18.3 Å². The van der Waals surface area contributed by atoms with Crippen LogP contribution in [0.15, 0.2) is 24.4 Å². The van der Waals surface area contributed by atoms with Crippen molar-refractivity contribution in [3.8, 4) is 11.3 Å². The third-order valence-corrected chi connectivity index (χ3v) is 5.01. The monoisotopic (exact) mass is 425 g/mol. The Labute approximate surface area is 169 Å². The Bertz CT molecular complexity index is 959. The highest BCUT2D eigenvalue weighted by Gasteiger charge is 2.37. The highest BCUT2D eigenvalue weighted by atomic mass is 19.3. The summed E-state index contributed by atoms with van der Waals surface area (Å²) in [6.45, 7) is 3.76. The number of amides is 1. The van der Waals surface area contributed by atoms with Gasteiger partial charge in [0.2, 0.25) is 0 Å². The lowest BCUT2D eigenvalue weighted by Crippen LogP contribution is -2.49. The predicted octanol–water partition coefficient (Wildman–Crippen LogP) is 3.75. The van der Waals surface area contributed by atoms with Gasteiger partial charge in [-0.2, -0.15) is 0 Å². The number of nitrogens with zero attached hydrogens (tertiary/aromatic N) is 3. The molecule has 7 nitrogen and oxygen atoms in total. The Morgan fingerprint density at radius 1 is 1.27 bits per heavy atom. The number of aromatic nitrogens is 2. The Hall–Kier alpha value is -2.95. The molecule has 0 aliphatic carbocycles. The van der Waals surface area contributed by atoms with Gasteiger partial charge in [-0.15, -0.1) is 0 Å². The Kier molecular flexibility index (Phi) is 5.46. The van der Waals surface area contributed by atoms with E-state index in [0.29, 0.717) is 25.5 Å². The summed E-state index contributed by atoms with van der Waals surface area (Å²) in [4.78, 5) is 21.9. The zero-order valence-corrected chi connectivity index (χ0v) is 15.9. The van der Waals surface area contributed by atoms with Gasteiger partial charge in [0.25, 0.3) is 12.9 Å². The molecule has 2 aromatic rings. The van der Waals surface area contributed by atoms with Gasteiger partial charge >= 0.3 is 6.09 Å². The largest absolute Gasteiger partial charge is 0.435 e. The van der Waals surface area contributed by atoms with E-state index in [1.807, 2.05) is 11.8 Å². The van der Waals surface area contributed by atoms with Crippen molar-refractivity contribution in [3.63, 3.8) is 0 Å². The van der Waals surface area contributed by atoms with Gasteiger partial charge in [-0.1, -0.05) is 0 Å². The van der Waals surface area contributed by atoms with Gasteiger partial charge in [-0.05, 0) is 25.1 Å². The molecular weight excluding hydrogens is 406 g/mol. The van der Waals surface area contributed by atoms with E-state index in [2.05, 4.69) is 20.6 Å². The Morgan fingerprint density at radius 3 is 2.77 bits per heavy atom. The second kappa shape index (κ2) is 8.05. The van der Waals surface area contributed by atoms with Crippen LogP contribution in [0.1, 0.15) is 30.6 Å². The number of carbonyl (C=O) groups is 1. The summed E-state index contributed by atoms with van der Waals surface area (Å²) in [7, 11) is 0. The molecule has 0 saturated carbocycles.